The molecule has 0 fully saturated rings. The monoisotopic (exact) mass is 212 g/mol. The molecule has 0 radical (unpaired) electrons. The summed E-state index contributed by atoms with van der Waals surface area (Å²) in [7, 11) is 1.99. The molecule has 2 heteroatoms. The van der Waals surface area contributed by atoms with Gasteiger partial charge in [-0.2, -0.15) is 0 Å². The Morgan fingerprint density at radius 2 is 2.07 bits per heavy atom. The van der Waals surface area contributed by atoms with Gasteiger partial charge in [0.1, 0.15) is 0 Å². The Morgan fingerprint density at radius 3 is 2.67 bits per heavy atom. The molecular weight excluding hydrogens is 184 g/mol. The summed E-state index contributed by atoms with van der Waals surface area (Å²) >= 11 is 0. The molecule has 0 rings (SSSR count). The lowest BCUT2D eigenvalue weighted by molar-refractivity contribution is 0.466. The van der Waals surface area contributed by atoms with Crippen LogP contribution < -0.4 is 10.6 Å². The van der Waals surface area contributed by atoms with Crippen LogP contribution in [0.3, 0.4) is 0 Å². The summed E-state index contributed by atoms with van der Waals surface area (Å²) in [5, 5.41) is 6.60. The summed E-state index contributed by atoms with van der Waals surface area (Å²) in [5.41, 5.74) is 1.52. The largest absolute Gasteiger partial charge is 0.318 e. The van der Waals surface area contributed by atoms with Crippen molar-refractivity contribution in [3.63, 3.8) is 0 Å². The molecule has 0 saturated carbocycles. The van der Waals surface area contributed by atoms with Gasteiger partial charge in [0.2, 0.25) is 0 Å². The molecule has 0 aromatic heterocycles. The van der Waals surface area contributed by atoms with Crippen molar-refractivity contribution >= 4 is 0 Å². The molecule has 15 heavy (non-hydrogen) atoms. The highest BCUT2D eigenvalue weighted by molar-refractivity contribution is 4.94. The first kappa shape index (κ1) is 14.7. The van der Waals surface area contributed by atoms with Gasteiger partial charge in [-0.1, -0.05) is 18.6 Å². The van der Waals surface area contributed by atoms with Crippen molar-refractivity contribution in [2.24, 2.45) is 5.92 Å². The maximum atomic E-state index is 3.46. The molecule has 1 atom stereocenters. The lowest BCUT2D eigenvalue weighted by Crippen LogP contribution is -2.28. The third-order valence-electron chi connectivity index (χ3n) is 2.81. The first-order chi connectivity index (χ1) is 7.20. The standard InChI is InChI=1S/C13H28N2/c1-5-12(2)7-6-8-13(3)11-15-10-9-14-4/h5,13-15H,6-11H2,1-4H3/b12-5-. The Kier molecular flexibility index (Phi) is 9.96. The molecule has 0 aliphatic carbocycles. The second-order valence-corrected chi connectivity index (χ2v) is 4.44. The van der Waals surface area contributed by atoms with Crippen molar-refractivity contribution in [1.82, 2.24) is 10.6 Å². The van der Waals surface area contributed by atoms with E-state index in [1.807, 2.05) is 7.05 Å². The molecule has 0 aliphatic heterocycles. The minimum absolute atomic E-state index is 0.798. The van der Waals surface area contributed by atoms with Crippen LogP contribution in [0, 0.1) is 5.92 Å². The van der Waals surface area contributed by atoms with Crippen molar-refractivity contribution in [2.75, 3.05) is 26.7 Å². The predicted octanol–water partition coefficient (Wildman–Crippen LogP) is 2.57. The Bertz CT molecular complexity index is 164. The van der Waals surface area contributed by atoms with E-state index in [4.69, 9.17) is 0 Å². The summed E-state index contributed by atoms with van der Waals surface area (Å²) in [6.45, 7) is 9.96. The summed E-state index contributed by atoms with van der Waals surface area (Å²) in [6.07, 6.45) is 6.13. The van der Waals surface area contributed by atoms with Gasteiger partial charge in [-0.05, 0) is 52.6 Å². The second kappa shape index (κ2) is 10.2. The van der Waals surface area contributed by atoms with Crippen LogP contribution >= 0.6 is 0 Å². The number of hydrogen-bond donors (Lipinski definition) is 2. The number of rotatable bonds is 9. The van der Waals surface area contributed by atoms with Crippen LogP contribution in [0.2, 0.25) is 0 Å². The smallest absolute Gasteiger partial charge is 0.00767 e. The highest BCUT2D eigenvalue weighted by Crippen LogP contribution is 2.11. The van der Waals surface area contributed by atoms with Gasteiger partial charge in [-0.3, -0.25) is 0 Å². The van der Waals surface area contributed by atoms with Crippen molar-refractivity contribution in [2.45, 2.75) is 40.0 Å². The molecule has 0 heterocycles. The number of likely N-dealkylation sites (N-methyl/N-ethyl adjacent to an activating group) is 1. The number of nitrogens with one attached hydrogen (secondary N) is 2. The molecule has 2 nitrogen and oxygen atoms in total. The van der Waals surface area contributed by atoms with Gasteiger partial charge < -0.3 is 10.6 Å². The molecule has 0 aromatic rings. The molecule has 90 valence electrons. The van der Waals surface area contributed by atoms with Crippen molar-refractivity contribution in [3.05, 3.63) is 11.6 Å². The molecule has 0 aromatic carbocycles. The lowest BCUT2D eigenvalue weighted by Gasteiger charge is -2.12. The minimum atomic E-state index is 0.798. The van der Waals surface area contributed by atoms with E-state index in [0.29, 0.717) is 0 Å². The third kappa shape index (κ3) is 9.95. The summed E-state index contributed by atoms with van der Waals surface area (Å²) in [5.74, 6) is 0.798. The molecule has 0 bridgehead atoms. The quantitative estimate of drug-likeness (QED) is 0.453. The third-order valence-corrected chi connectivity index (χ3v) is 2.81. The van der Waals surface area contributed by atoms with Gasteiger partial charge in [0.05, 0.1) is 0 Å². The number of hydrogen-bond acceptors (Lipinski definition) is 2. The van der Waals surface area contributed by atoms with Gasteiger partial charge >= 0.3 is 0 Å². The molecule has 0 spiro atoms. The van der Waals surface area contributed by atoms with E-state index >= 15 is 0 Å². The fourth-order valence-corrected chi connectivity index (χ4v) is 1.54. The zero-order valence-electron chi connectivity index (χ0n) is 10.9. The maximum absolute atomic E-state index is 3.46. The van der Waals surface area contributed by atoms with Crippen LogP contribution in [0.5, 0.6) is 0 Å². The van der Waals surface area contributed by atoms with Gasteiger partial charge in [0.15, 0.2) is 0 Å². The average Bonchev–Trinajstić information content (AvgIpc) is 2.24. The van der Waals surface area contributed by atoms with Crippen LogP contribution in [0.25, 0.3) is 0 Å². The highest BCUT2D eigenvalue weighted by atomic mass is 14.9. The molecular formula is C13H28N2. The fourth-order valence-electron chi connectivity index (χ4n) is 1.54. The SMILES string of the molecule is C/C=C(/C)CCCC(C)CNCCNC. The summed E-state index contributed by atoms with van der Waals surface area (Å²) in [4.78, 5) is 0. The molecule has 0 aliphatic rings. The van der Waals surface area contributed by atoms with Crippen molar-refractivity contribution in [3.8, 4) is 0 Å². The van der Waals surface area contributed by atoms with E-state index in [0.717, 1.165) is 25.6 Å². The van der Waals surface area contributed by atoms with Crippen LogP contribution in [-0.4, -0.2) is 26.7 Å². The first-order valence-corrected chi connectivity index (χ1v) is 6.17. The minimum Gasteiger partial charge on any atom is -0.318 e. The van der Waals surface area contributed by atoms with E-state index in [1.54, 1.807) is 0 Å². The Hall–Kier alpha value is -0.340. The van der Waals surface area contributed by atoms with E-state index in [9.17, 15) is 0 Å². The van der Waals surface area contributed by atoms with E-state index in [-0.39, 0.29) is 0 Å². The van der Waals surface area contributed by atoms with Crippen LogP contribution in [-0.2, 0) is 0 Å². The van der Waals surface area contributed by atoms with Gasteiger partial charge in [0, 0.05) is 13.1 Å². The van der Waals surface area contributed by atoms with Gasteiger partial charge in [-0.25, -0.2) is 0 Å². The molecule has 1 unspecified atom stereocenters. The Labute approximate surface area is 95.5 Å². The van der Waals surface area contributed by atoms with Gasteiger partial charge in [0.25, 0.3) is 0 Å². The highest BCUT2D eigenvalue weighted by Gasteiger charge is 2.01. The summed E-state index contributed by atoms with van der Waals surface area (Å²) in [6, 6.07) is 0. The van der Waals surface area contributed by atoms with E-state index in [1.165, 1.54) is 24.8 Å². The van der Waals surface area contributed by atoms with Crippen molar-refractivity contribution < 1.29 is 0 Å². The fraction of sp³-hybridized carbons (Fsp3) is 0.846. The maximum Gasteiger partial charge on any atom is 0.00767 e. The van der Waals surface area contributed by atoms with Crippen LogP contribution in [0.15, 0.2) is 11.6 Å². The predicted molar refractivity (Wildman–Crippen MR) is 69.2 cm³/mol. The second-order valence-electron chi connectivity index (χ2n) is 4.44. The topological polar surface area (TPSA) is 24.1 Å². The Balaban J connectivity index is 3.29. The first-order valence-electron chi connectivity index (χ1n) is 6.17. The van der Waals surface area contributed by atoms with Crippen LogP contribution in [0.4, 0.5) is 0 Å². The molecule has 2 N–H and O–H groups in total. The normalized spacial score (nSPS) is 14.3. The Morgan fingerprint density at radius 1 is 1.33 bits per heavy atom. The zero-order chi connectivity index (χ0) is 11.5. The van der Waals surface area contributed by atoms with Crippen molar-refractivity contribution in [1.29, 1.82) is 0 Å². The zero-order valence-corrected chi connectivity index (χ0v) is 10.9. The lowest BCUT2D eigenvalue weighted by atomic mass is 10.0. The van der Waals surface area contributed by atoms with E-state index in [2.05, 4.69) is 37.5 Å². The van der Waals surface area contributed by atoms with Crippen LogP contribution in [0.1, 0.15) is 40.0 Å². The van der Waals surface area contributed by atoms with Gasteiger partial charge in [-0.15, -0.1) is 0 Å². The van der Waals surface area contributed by atoms with E-state index < -0.39 is 0 Å². The molecule has 0 amide bonds. The number of allylic oxidation sites excluding steroid dienone is 2. The molecule has 0 saturated heterocycles. The average molecular weight is 212 g/mol. The summed E-state index contributed by atoms with van der Waals surface area (Å²) < 4.78 is 0.